The first-order valence-corrected chi connectivity index (χ1v) is 10.1. The molecule has 1 aliphatic rings. The zero-order valence-corrected chi connectivity index (χ0v) is 16.3. The molecule has 1 saturated heterocycles. The van der Waals surface area contributed by atoms with Crippen LogP contribution in [0.5, 0.6) is 0 Å². The first-order valence-electron chi connectivity index (χ1n) is 8.43. The number of hydrogen-bond acceptors (Lipinski definition) is 10. The van der Waals surface area contributed by atoms with Crippen LogP contribution in [-0.4, -0.2) is 32.3 Å². The van der Waals surface area contributed by atoms with E-state index in [1.807, 2.05) is 13.8 Å². The second kappa shape index (κ2) is 6.75. The number of rotatable bonds is 4. The maximum absolute atomic E-state index is 12.1. The Bertz CT molecular complexity index is 1120. The average Bonchev–Trinajstić information content (AvgIpc) is 3.25. The Kier molecular flexibility index (Phi) is 4.54. The highest BCUT2D eigenvalue weighted by molar-refractivity contribution is 7.29. The second-order valence-electron chi connectivity index (χ2n) is 6.06. The highest BCUT2D eigenvalue weighted by Gasteiger charge is 2.41. The summed E-state index contributed by atoms with van der Waals surface area (Å²) < 4.78 is 11.9. The van der Waals surface area contributed by atoms with Crippen LogP contribution >= 0.6 is 22.7 Å². The number of nitrogens with one attached hydrogen (secondary N) is 1. The molecule has 142 valence electrons. The summed E-state index contributed by atoms with van der Waals surface area (Å²) in [5.41, 5.74) is 5.70. The van der Waals surface area contributed by atoms with E-state index in [-0.39, 0.29) is 27.3 Å². The molecule has 11 heteroatoms. The van der Waals surface area contributed by atoms with Crippen molar-refractivity contribution in [3.8, 4) is 10.6 Å². The number of hydrogen-bond donors (Lipinski definition) is 2. The number of nitrogens with zero attached hydrogens (tertiary/aromatic N) is 3. The summed E-state index contributed by atoms with van der Waals surface area (Å²) in [4.78, 5) is 40.5. The third kappa shape index (κ3) is 3.16. The van der Waals surface area contributed by atoms with Crippen molar-refractivity contribution in [2.24, 2.45) is 0 Å². The minimum Gasteiger partial charge on any atom is -0.369 e. The lowest BCUT2D eigenvalue weighted by atomic mass is 10.1. The van der Waals surface area contributed by atoms with Crippen LogP contribution in [0, 0.1) is 0 Å². The monoisotopic (exact) mass is 407 g/mol. The number of anilines is 1. The van der Waals surface area contributed by atoms with Crippen molar-refractivity contribution < 1.29 is 9.47 Å². The maximum Gasteiger partial charge on any atom is 0.288 e. The van der Waals surface area contributed by atoms with Gasteiger partial charge in [-0.05, 0) is 12.8 Å². The molecule has 0 bridgehead atoms. The molecule has 0 unspecified atom stereocenters. The molecule has 0 amide bonds. The van der Waals surface area contributed by atoms with Gasteiger partial charge in [0, 0.05) is 0 Å². The molecule has 3 aromatic heterocycles. The van der Waals surface area contributed by atoms with Gasteiger partial charge in [-0.25, -0.2) is 9.97 Å². The second-order valence-corrected chi connectivity index (χ2v) is 8.32. The van der Waals surface area contributed by atoms with Crippen LogP contribution in [0.15, 0.2) is 15.8 Å². The molecule has 0 radical (unpaired) electrons. The lowest BCUT2D eigenvalue weighted by Crippen LogP contribution is -2.27. The van der Waals surface area contributed by atoms with Gasteiger partial charge < -0.3 is 15.2 Å². The molecule has 0 aliphatic carbocycles. The molecule has 4 heterocycles. The number of fused-ring (bicyclic) bond motifs is 1. The molecule has 3 aromatic rings. The van der Waals surface area contributed by atoms with Gasteiger partial charge >= 0.3 is 0 Å². The molecule has 0 spiro atoms. The smallest absolute Gasteiger partial charge is 0.288 e. The van der Waals surface area contributed by atoms with Gasteiger partial charge in [0.25, 0.3) is 9.62 Å². The molecule has 0 aromatic carbocycles. The Labute approximate surface area is 161 Å². The predicted octanol–water partition coefficient (Wildman–Crippen LogP) is 2.05. The minimum absolute atomic E-state index is 0.0256. The molecule has 27 heavy (non-hydrogen) atoms. The molecule has 0 saturated carbocycles. The molecule has 4 rings (SSSR count). The Morgan fingerprint density at radius 2 is 2.07 bits per heavy atom. The largest absolute Gasteiger partial charge is 0.369 e. The van der Waals surface area contributed by atoms with E-state index in [0.717, 1.165) is 27.6 Å². The fraction of sp³-hybridized carbons (Fsp3) is 0.438. The van der Waals surface area contributed by atoms with Gasteiger partial charge in [0.15, 0.2) is 17.0 Å². The number of nitrogen functional groups attached to an aromatic ring is 1. The lowest BCUT2D eigenvalue weighted by molar-refractivity contribution is -0.172. The van der Waals surface area contributed by atoms with Crippen molar-refractivity contribution in [1.82, 2.24) is 19.9 Å². The molecule has 3 N–H and O–H groups in total. The normalized spacial score (nSPS) is 19.0. The van der Waals surface area contributed by atoms with E-state index in [0.29, 0.717) is 30.0 Å². The summed E-state index contributed by atoms with van der Waals surface area (Å²) in [5, 5.41) is 0. The van der Waals surface area contributed by atoms with E-state index < -0.39 is 11.3 Å². The van der Waals surface area contributed by atoms with E-state index in [4.69, 9.17) is 15.2 Å². The van der Waals surface area contributed by atoms with Gasteiger partial charge in [-0.1, -0.05) is 36.5 Å². The quantitative estimate of drug-likeness (QED) is 0.671. The van der Waals surface area contributed by atoms with Crippen LogP contribution in [0.1, 0.15) is 37.7 Å². The molecule has 1 fully saturated rings. The van der Waals surface area contributed by atoms with Crippen LogP contribution in [0.25, 0.3) is 21.7 Å². The summed E-state index contributed by atoms with van der Waals surface area (Å²) in [5.74, 6) is -0.657. The van der Waals surface area contributed by atoms with Gasteiger partial charge in [-0.2, -0.15) is 4.98 Å². The summed E-state index contributed by atoms with van der Waals surface area (Å²) in [6.07, 6.45) is 2.56. The van der Waals surface area contributed by atoms with Crippen LogP contribution in [0.3, 0.4) is 0 Å². The first kappa shape index (κ1) is 18.2. The van der Waals surface area contributed by atoms with Gasteiger partial charge in [0.2, 0.25) is 5.95 Å². The zero-order chi connectivity index (χ0) is 19.2. The Morgan fingerprint density at radius 3 is 2.78 bits per heavy atom. The highest BCUT2D eigenvalue weighted by atomic mass is 32.2. The number of aromatic amines is 1. The van der Waals surface area contributed by atoms with Gasteiger partial charge in [-0.3, -0.25) is 14.6 Å². The number of nitrogens with two attached hydrogens (primary N) is 1. The topological polar surface area (TPSA) is 133 Å². The van der Waals surface area contributed by atoms with Crippen molar-refractivity contribution in [1.29, 1.82) is 0 Å². The lowest BCUT2D eigenvalue weighted by Gasteiger charge is -2.24. The number of ether oxygens (including phenoxy) is 2. The standard InChI is InChI=1S/C16H17N5O4S2/c1-3-16(4-2)24-6-8(25-16)11-10(26-15(23)27-11)7-5-18-12-9(19-7)13(22)21-14(17)20-12/h5,8H,3-4,6H2,1-2H3,(H3,17,18,20,21,22)/t8-/m1/s1. The molecular weight excluding hydrogens is 390 g/mol. The number of aromatic nitrogens is 4. The molecule has 1 aliphatic heterocycles. The van der Waals surface area contributed by atoms with Crippen molar-refractivity contribution in [3.63, 3.8) is 0 Å². The van der Waals surface area contributed by atoms with Crippen molar-refractivity contribution in [2.45, 2.75) is 38.6 Å². The third-order valence-electron chi connectivity index (χ3n) is 4.50. The molecule has 9 nitrogen and oxygen atoms in total. The van der Waals surface area contributed by atoms with E-state index in [1.54, 1.807) is 0 Å². The van der Waals surface area contributed by atoms with E-state index >= 15 is 0 Å². The SMILES string of the molecule is CCC1(CC)OC[C@H](c2sc(=O)sc2-c2cnc3nc(N)[nH]c(=O)c3n2)O1. The number of H-pyrrole nitrogens is 1. The Morgan fingerprint density at radius 1 is 1.30 bits per heavy atom. The van der Waals surface area contributed by atoms with Gasteiger partial charge in [-0.15, -0.1) is 0 Å². The fourth-order valence-electron chi connectivity index (χ4n) is 3.03. The van der Waals surface area contributed by atoms with Gasteiger partial charge in [0.1, 0.15) is 11.8 Å². The van der Waals surface area contributed by atoms with Crippen LogP contribution in [0.2, 0.25) is 0 Å². The third-order valence-corrected chi connectivity index (χ3v) is 6.78. The van der Waals surface area contributed by atoms with E-state index in [9.17, 15) is 9.59 Å². The maximum atomic E-state index is 12.1. The van der Waals surface area contributed by atoms with Crippen LogP contribution < -0.4 is 15.3 Å². The Hall–Kier alpha value is -2.21. The fourth-order valence-corrected chi connectivity index (χ4v) is 5.19. The van der Waals surface area contributed by atoms with Crippen molar-refractivity contribution in [2.75, 3.05) is 12.3 Å². The minimum atomic E-state index is -0.632. The van der Waals surface area contributed by atoms with Crippen molar-refractivity contribution in [3.05, 3.63) is 30.3 Å². The molecule has 1 atom stereocenters. The summed E-state index contributed by atoms with van der Waals surface area (Å²) >= 11 is 2.16. The zero-order valence-electron chi connectivity index (χ0n) is 14.6. The first-order chi connectivity index (χ1) is 12.9. The van der Waals surface area contributed by atoms with Crippen molar-refractivity contribution >= 4 is 39.8 Å². The highest BCUT2D eigenvalue weighted by Crippen LogP contribution is 2.43. The van der Waals surface area contributed by atoms with E-state index in [1.165, 1.54) is 6.20 Å². The van der Waals surface area contributed by atoms with Crippen LogP contribution in [0.4, 0.5) is 5.95 Å². The van der Waals surface area contributed by atoms with Gasteiger partial charge in [0.05, 0.1) is 22.6 Å². The summed E-state index contributed by atoms with van der Waals surface area (Å²) in [7, 11) is 0. The summed E-state index contributed by atoms with van der Waals surface area (Å²) in [6.45, 7) is 4.37. The average molecular weight is 407 g/mol. The summed E-state index contributed by atoms with van der Waals surface area (Å²) in [6, 6.07) is 0. The molecular formula is C16H17N5O4S2. The van der Waals surface area contributed by atoms with Crippen LogP contribution in [-0.2, 0) is 9.47 Å². The predicted molar refractivity (Wildman–Crippen MR) is 103 cm³/mol. The Balaban J connectivity index is 1.79. The van der Waals surface area contributed by atoms with E-state index in [2.05, 4.69) is 19.9 Å².